The highest BCUT2D eigenvalue weighted by atomic mass is 16.7. The van der Waals surface area contributed by atoms with Crippen molar-refractivity contribution in [3.05, 3.63) is 12.7 Å². The number of ether oxygens (including phenoxy) is 2. The Bertz CT molecular complexity index is 789. The summed E-state index contributed by atoms with van der Waals surface area (Å²) in [5.41, 5.74) is -3.06. The van der Waals surface area contributed by atoms with E-state index in [2.05, 4.69) is 20.4 Å². The van der Waals surface area contributed by atoms with Crippen molar-refractivity contribution in [1.29, 1.82) is 0 Å². The molecule has 4 aliphatic rings. The molecule has 202 valence electrons. The maximum absolute atomic E-state index is 12.4. The van der Waals surface area contributed by atoms with E-state index in [1.807, 2.05) is 6.92 Å². The van der Waals surface area contributed by atoms with Crippen LogP contribution in [0.1, 0.15) is 59.3 Å². The summed E-state index contributed by atoms with van der Waals surface area (Å²) in [6, 6.07) is 0. The minimum Gasteiger partial charge on any atom is -0.396 e. The van der Waals surface area contributed by atoms with Gasteiger partial charge in [0.15, 0.2) is 6.29 Å². The van der Waals surface area contributed by atoms with Gasteiger partial charge < -0.3 is 45.2 Å². The van der Waals surface area contributed by atoms with Gasteiger partial charge in [0.1, 0.15) is 24.4 Å². The fourth-order valence-electron chi connectivity index (χ4n) is 8.25. The first kappa shape index (κ1) is 27.4. The smallest absolute Gasteiger partial charge is 0.187 e. The van der Waals surface area contributed by atoms with Crippen molar-refractivity contribution >= 4 is 0 Å². The van der Waals surface area contributed by atoms with Crippen molar-refractivity contribution in [3.8, 4) is 0 Å². The van der Waals surface area contributed by atoms with Crippen LogP contribution >= 0.6 is 0 Å². The average molecular weight is 501 g/mol. The van der Waals surface area contributed by atoms with Gasteiger partial charge in [-0.3, -0.25) is 0 Å². The lowest BCUT2D eigenvalue weighted by molar-refractivity contribution is -0.356. The zero-order chi connectivity index (χ0) is 26.0. The first-order valence-corrected chi connectivity index (χ1v) is 12.9. The summed E-state index contributed by atoms with van der Waals surface area (Å²) in [6.45, 7) is 9.38. The van der Waals surface area contributed by atoms with Gasteiger partial charge in [0.05, 0.1) is 24.4 Å². The number of rotatable bonds is 5. The SMILES string of the molecule is C=C[C@]1(C)C[C@H](O)[C@H]2[C@](O)(C1)[C@@H](O[C@@H]1O[C@H](CO)[C@@H](O)[C@H](O)[C@H]1O)C[C@H]1C(C)(C)CCC[C@@]12CO. The molecule has 3 aliphatic carbocycles. The quantitative estimate of drug-likeness (QED) is 0.205. The summed E-state index contributed by atoms with van der Waals surface area (Å²) in [4.78, 5) is 0. The molecule has 4 rings (SSSR count). The van der Waals surface area contributed by atoms with E-state index in [4.69, 9.17) is 9.47 Å². The summed E-state index contributed by atoms with van der Waals surface area (Å²) >= 11 is 0. The van der Waals surface area contributed by atoms with E-state index in [1.54, 1.807) is 6.08 Å². The molecule has 12 atom stereocenters. The van der Waals surface area contributed by atoms with Crippen LogP contribution in [-0.2, 0) is 9.47 Å². The van der Waals surface area contributed by atoms with Crippen LogP contribution in [0.4, 0.5) is 0 Å². The normalized spacial score (nSPS) is 53.9. The molecule has 1 aliphatic heterocycles. The molecule has 9 heteroatoms. The fraction of sp³-hybridized carbons (Fsp3) is 0.923. The Morgan fingerprint density at radius 2 is 1.71 bits per heavy atom. The minimum atomic E-state index is -1.60. The van der Waals surface area contributed by atoms with Crippen LogP contribution in [0.3, 0.4) is 0 Å². The Hall–Kier alpha value is -0.620. The van der Waals surface area contributed by atoms with E-state index in [-0.39, 0.29) is 24.4 Å². The van der Waals surface area contributed by atoms with E-state index < -0.39 is 71.9 Å². The van der Waals surface area contributed by atoms with Crippen LogP contribution in [0, 0.1) is 28.1 Å². The lowest BCUT2D eigenvalue weighted by atomic mass is 9.40. The first-order valence-electron chi connectivity index (χ1n) is 12.9. The van der Waals surface area contributed by atoms with Crippen molar-refractivity contribution in [2.45, 2.75) is 108 Å². The minimum absolute atomic E-state index is 0.0864. The van der Waals surface area contributed by atoms with E-state index in [1.165, 1.54) is 0 Å². The van der Waals surface area contributed by atoms with Gasteiger partial charge in [0, 0.05) is 17.9 Å². The predicted octanol–water partition coefficient (Wildman–Crippen LogP) is 0.0745. The third-order valence-corrected chi connectivity index (χ3v) is 9.95. The second-order valence-electron chi connectivity index (χ2n) is 12.6. The second kappa shape index (κ2) is 9.29. The molecular weight excluding hydrogens is 456 g/mol. The monoisotopic (exact) mass is 500 g/mol. The van der Waals surface area contributed by atoms with E-state index in [0.29, 0.717) is 19.3 Å². The van der Waals surface area contributed by atoms with Crippen LogP contribution in [0.2, 0.25) is 0 Å². The van der Waals surface area contributed by atoms with Crippen LogP contribution in [0.15, 0.2) is 12.7 Å². The van der Waals surface area contributed by atoms with Crippen molar-refractivity contribution in [3.63, 3.8) is 0 Å². The summed E-state index contributed by atoms with van der Waals surface area (Å²) in [5.74, 6) is -0.766. The number of allylic oxidation sites excluding steroid dienone is 1. The highest BCUT2D eigenvalue weighted by Crippen LogP contribution is 2.67. The number of aliphatic hydroxyl groups is 7. The third-order valence-electron chi connectivity index (χ3n) is 9.95. The second-order valence-corrected chi connectivity index (χ2v) is 12.6. The highest BCUT2D eigenvalue weighted by Gasteiger charge is 2.70. The molecule has 0 spiro atoms. The molecule has 9 nitrogen and oxygen atoms in total. The summed E-state index contributed by atoms with van der Waals surface area (Å²) in [7, 11) is 0. The van der Waals surface area contributed by atoms with Gasteiger partial charge in [-0.25, -0.2) is 0 Å². The molecule has 3 saturated carbocycles. The van der Waals surface area contributed by atoms with Gasteiger partial charge in [-0.15, -0.1) is 6.58 Å². The molecule has 35 heavy (non-hydrogen) atoms. The molecule has 0 amide bonds. The number of fused-ring (bicyclic) bond motifs is 3. The highest BCUT2D eigenvalue weighted by molar-refractivity contribution is 5.20. The van der Waals surface area contributed by atoms with E-state index >= 15 is 0 Å². The Labute approximate surface area is 207 Å². The lowest BCUT2D eigenvalue weighted by Gasteiger charge is -2.68. The summed E-state index contributed by atoms with van der Waals surface area (Å²) < 4.78 is 11.9. The Morgan fingerprint density at radius 3 is 2.31 bits per heavy atom. The largest absolute Gasteiger partial charge is 0.396 e. The standard InChI is InChI=1S/C26H44O9/c1-5-24(4)10-14(29)21-25(13-28)8-6-7-23(2,3)16(25)9-17(26(21,33)12-24)35-22-20(32)19(31)18(30)15(11-27)34-22/h5,14-22,27-33H,1,6-13H2,2-4H3/t14-,15+,16-,17-,18+,19-,20+,21+,22-,24+,25+,26-/m0/s1. The Kier molecular flexibility index (Phi) is 7.28. The average Bonchev–Trinajstić information content (AvgIpc) is 2.79. The van der Waals surface area contributed by atoms with Gasteiger partial charge >= 0.3 is 0 Å². The zero-order valence-electron chi connectivity index (χ0n) is 21.1. The molecule has 0 aromatic carbocycles. The van der Waals surface area contributed by atoms with E-state index in [9.17, 15) is 35.7 Å². The van der Waals surface area contributed by atoms with Crippen molar-refractivity contribution < 1.29 is 45.2 Å². The van der Waals surface area contributed by atoms with Crippen molar-refractivity contribution in [1.82, 2.24) is 0 Å². The maximum atomic E-state index is 12.4. The number of hydrogen-bond acceptors (Lipinski definition) is 9. The molecule has 1 heterocycles. The van der Waals surface area contributed by atoms with Gasteiger partial charge in [0.25, 0.3) is 0 Å². The molecule has 0 aromatic heterocycles. The molecule has 4 fully saturated rings. The first-order chi connectivity index (χ1) is 16.3. The zero-order valence-corrected chi connectivity index (χ0v) is 21.1. The molecule has 7 N–H and O–H groups in total. The fourth-order valence-corrected chi connectivity index (χ4v) is 8.25. The van der Waals surface area contributed by atoms with E-state index in [0.717, 1.165) is 12.8 Å². The Morgan fingerprint density at radius 1 is 1.03 bits per heavy atom. The lowest BCUT2D eigenvalue weighted by Crippen LogP contribution is -2.73. The van der Waals surface area contributed by atoms with Crippen LogP contribution < -0.4 is 0 Å². The van der Waals surface area contributed by atoms with Crippen molar-refractivity contribution in [2.24, 2.45) is 28.1 Å². The molecule has 0 aromatic rings. The topological polar surface area (TPSA) is 160 Å². The van der Waals surface area contributed by atoms with Crippen LogP contribution in [0.25, 0.3) is 0 Å². The Balaban J connectivity index is 1.77. The van der Waals surface area contributed by atoms with Gasteiger partial charge in [0.2, 0.25) is 0 Å². The molecule has 0 radical (unpaired) electrons. The summed E-state index contributed by atoms with van der Waals surface area (Å²) in [5, 5.41) is 75.4. The van der Waals surface area contributed by atoms with Crippen molar-refractivity contribution in [2.75, 3.05) is 13.2 Å². The summed E-state index contributed by atoms with van der Waals surface area (Å²) in [6.07, 6.45) is -3.86. The number of hydrogen-bond donors (Lipinski definition) is 7. The number of aliphatic hydroxyl groups excluding tert-OH is 6. The van der Waals surface area contributed by atoms with Gasteiger partial charge in [-0.1, -0.05) is 33.3 Å². The van der Waals surface area contributed by atoms with Crippen LogP contribution in [-0.4, -0.2) is 97.5 Å². The molecule has 1 saturated heterocycles. The molecular formula is C26H44O9. The molecule has 0 unspecified atom stereocenters. The van der Waals surface area contributed by atoms with Gasteiger partial charge in [-0.2, -0.15) is 0 Å². The predicted molar refractivity (Wildman–Crippen MR) is 126 cm³/mol. The van der Waals surface area contributed by atoms with Gasteiger partial charge in [-0.05, 0) is 48.9 Å². The third kappa shape index (κ3) is 4.21. The maximum Gasteiger partial charge on any atom is 0.187 e. The molecule has 0 bridgehead atoms. The van der Waals surface area contributed by atoms with Crippen LogP contribution in [0.5, 0.6) is 0 Å².